The average Bonchev–Trinajstić information content (AvgIpc) is 2.54. The highest BCUT2D eigenvalue weighted by atomic mass is 16.3. The van der Waals surface area contributed by atoms with Crippen LogP contribution in [0, 0.1) is 0 Å². The quantitative estimate of drug-likeness (QED) is 0.780. The molecule has 0 aliphatic rings. The summed E-state index contributed by atoms with van der Waals surface area (Å²) in [5, 5.41) is 13.3. The van der Waals surface area contributed by atoms with Crippen molar-refractivity contribution >= 4 is 0 Å². The summed E-state index contributed by atoms with van der Waals surface area (Å²) in [4.78, 5) is 0. The van der Waals surface area contributed by atoms with E-state index in [1.54, 1.807) is 0 Å². The normalized spacial score (nSPS) is 12.5. The highest BCUT2D eigenvalue weighted by Crippen LogP contribution is 2.09. The Kier molecular flexibility index (Phi) is 6.45. The van der Waals surface area contributed by atoms with E-state index in [1.165, 1.54) is 11.1 Å². The molecule has 2 aromatic carbocycles. The summed E-state index contributed by atoms with van der Waals surface area (Å²) in [5.41, 5.74) is 2.66. The Morgan fingerprint density at radius 3 is 1.76 bits per heavy atom. The van der Waals surface area contributed by atoms with Crippen molar-refractivity contribution in [3.05, 3.63) is 71.8 Å². The minimum absolute atomic E-state index is 0.265. The Hall–Kier alpha value is -1.64. The van der Waals surface area contributed by atoms with Crippen molar-refractivity contribution in [2.75, 3.05) is 6.54 Å². The molecule has 0 saturated heterocycles. The van der Waals surface area contributed by atoms with E-state index in [0.717, 1.165) is 19.3 Å². The number of aliphatic hydroxyl groups excluding tert-OH is 1. The van der Waals surface area contributed by atoms with Gasteiger partial charge >= 0.3 is 0 Å². The van der Waals surface area contributed by atoms with Crippen LogP contribution < -0.4 is 5.32 Å². The van der Waals surface area contributed by atoms with E-state index in [0.29, 0.717) is 12.6 Å². The third-order valence-electron chi connectivity index (χ3n) is 3.76. The standard InChI is InChI=1S/C19H25NO/c1-2-19(21)15-20-18(13-16-9-5-3-6-10-16)14-17-11-7-4-8-12-17/h3-12,18-21H,2,13-15H2,1H3. The van der Waals surface area contributed by atoms with Crippen molar-refractivity contribution < 1.29 is 5.11 Å². The van der Waals surface area contributed by atoms with Gasteiger partial charge in [0.25, 0.3) is 0 Å². The van der Waals surface area contributed by atoms with Crippen molar-refractivity contribution in [3.8, 4) is 0 Å². The first-order valence-electron chi connectivity index (χ1n) is 7.77. The molecule has 2 heteroatoms. The zero-order valence-corrected chi connectivity index (χ0v) is 12.7. The molecule has 2 rings (SSSR count). The summed E-state index contributed by atoms with van der Waals surface area (Å²) in [7, 11) is 0. The van der Waals surface area contributed by atoms with E-state index >= 15 is 0 Å². The van der Waals surface area contributed by atoms with Gasteiger partial charge in [-0.2, -0.15) is 0 Å². The maximum absolute atomic E-state index is 9.78. The summed E-state index contributed by atoms with van der Waals surface area (Å²) in [5.74, 6) is 0. The monoisotopic (exact) mass is 283 g/mol. The van der Waals surface area contributed by atoms with Crippen LogP contribution in [0.4, 0.5) is 0 Å². The van der Waals surface area contributed by atoms with Crippen molar-refractivity contribution in [3.63, 3.8) is 0 Å². The van der Waals surface area contributed by atoms with Gasteiger partial charge < -0.3 is 10.4 Å². The molecule has 112 valence electrons. The predicted octanol–water partition coefficient (Wildman–Crippen LogP) is 3.20. The summed E-state index contributed by atoms with van der Waals surface area (Å²) < 4.78 is 0. The molecule has 21 heavy (non-hydrogen) atoms. The van der Waals surface area contributed by atoms with Crippen LogP contribution in [0.1, 0.15) is 24.5 Å². The molecule has 2 nitrogen and oxygen atoms in total. The number of hydrogen-bond acceptors (Lipinski definition) is 2. The van der Waals surface area contributed by atoms with E-state index < -0.39 is 0 Å². The Labute approximate surface area is 127 Å². The van der Waals surface area contributed by atoms with Crippen LogP contribution in [0.5, 0.6) is 0 Å². The molecular formula is C19H25NO. The Morgan fingerprint density at radius 1 is 0.857 bits per heavy atom. The van der Waals surface area contributed by atoms with Crippen LogP contribution in [0.25, 0.3) is 0 Å². The van der Waals surface area contributed by atoms with Crippen molar-refractivity contribution in [2.24, 2.45) is 0 Å². The molecular weight excluding hydrogens is 258 g/mol. The largest absolute Gasteiger partial charge is 0.392 e. The second-order valence-corrected chi connectivity index (χ2v) is 5.55. The van der Waals surface area contributed by atoms with Crippen LogP contribution in [0.3, 0.4) is 0 Å². The lowest BCUT2D eigenvalue weighted by atomic mass is 9.98. The SMILES string of the molecule is CCC(O)CNC(Cc1ccccc1)Cc1ccccc1. The first-order chi connectivity index (χ1) is 10.3. The number of aliphatic hydroxyl groups is 1. The maximum atomic E-state index is 9.78. The van der Waals surface area contributed by atoms with Crippen LogP contribution in [0.2, 0.25) is 0 Å². The molecule has 0 heterocycles. The molecule has 0 radical (unpaired) electrons. The van der Waals surface area contributed by atoms with Crippen LogP contribution in [-0.4, -0.2) is 23.8 Å². The van der Waals surface area contributed by atoms with E-state index in [2.05, 4.69) is 53.8 Å². The van der Waals surface area contributed by atoms with E-state index in [1.807, 2.05) is 19.1 Å². The molecule has 0 aliphatic heterocycles. The van der Waals surface area contributed by atoms with Gasteiger partial charge in [-0.3, -0.25) is 0 Å². The van der Waals surface area contributed by atoms with Gasteiger partial charge in [0.15, 0.2) is 0 Å². The van der Waals surface area contributed by atoms with Crippen LogP contribution >= 0.6 is 0 Å². The highest BCUT2D eigenvalue weighted by Gasteiger charge is 2.12. The second kappa shape index (κ2) is 8.60. The minimum atomic E-state index is -0.265. The van der Waals surface area contributed by atoms with Gasteiger partial charge in [0.05, 0.1) is 6.10 Å². The van der Waals surface area contributed by atoms with Crippen molar-refractivity contribution in [1.29, 1.82) is 0 Å². The molecule has 0 spiro atoms. The highest BCUT2D eigenvalue weighted by molar-refractivity contribution is 5.19. The zero-order chi connectivity index (χ0) is 14.9. The van der Waals surface area contributed by atoms with Crippen molar-refractivity contribution in [2.45, 2.75) is 38.3 Å². The molecule has 0 fully saturated rings. The third-order valence-corrected chi connectivity index (χ3v) is 3.76. The number of benzene rings is 2. The van der Waals surface area contributed by atoms with Gasteiger partial charge in [-0.25, -0.2) is 0 Å². The summed E-state index contributed by atoms with van der Waals surface area (Å²) >= 11 is 0. The lowest BCUT2D eigenvalue weighted by Crippen LogP contribution is -2.38. The molecule has 1 unspecified atom stereocenters. The minimum Gasteiger partial charge on any atom is -0.392 e. The third kappa shape index (κ3) is 5.70. The molecule has 0 saturated carbocycles. The van der Waals surface area contributed by atoms with Crippen LogP contribution in [0.15, 0.2) is 60.7 Å². The zero-order valence-electron chi connectivity index (χ0n) is 12.7. The second-order valence-electron chi connectivity index (χ2n) is 5.55. The topological polar surface area (TPSA) is 32.3 Å². The fourth-order valence-corrected chi connectivity index (χ4v) is 2.46. The first-order valence-corrected chi connectivity index (χ1v) is 7.77. The summed E-state index contributed by atoms with van der Waals surface area (Å²) in [6, 6.07) is 21.4. The smallest absolute Gasteiger partial charge is 0.0662 e. The number of nitrogens with one attached hydrogen (secondary N) is 1. The predicted molar refractivity (Wildman–Crippen MR) is 88.4 cm³/mol. The lowest BCUT2D eigenvalue weighted by Gasteiger charge is -2.21. The molecule has 0 aliphatic carbocycles. The molecule has 1 atom stereocenters. The molecule has 2 N–H and O–H groups in total. The van der Waals surface area contributed by atoms with Gasteiger partial charge in [0.1, 0.15) is 0 Å². The Balaban J connectivity index is 1.99. The van der Waals surface area contributed by atoms with Gasteiger partial charge in [0.2, 0.25) is 0 Å². The lowest BCUT2D eigenvalue weighted by molar-refractivity contribution is 0.162. The first kappa shape index (κ1) is 15.7. The Bertz CT molecular complexity index is 456. The fraction of sp³-hybridized carbons (Fsp3) is 0.368. The molecule has 0 aromatic heterocycles. The number of rotatable bonds is 8. The van der Waals surface area contributed by atoms with Gasteiger partial charge in [-0.05, 0) is 30.4 Å². The van der Waals surface area contributed by atoms with E-state index in [9.17, 15) is 5.11 Å². The fourth-order valence-electron chi connectivity index (χ4n) is 2.46. The van der Waals surface area contributed by atoms with Gasteiger partial charge in [-0.1, -0.05) is 67.6 Å². The molecule has 2 aromatic rings. The van der Waals surface area contributed by atoms with Gasteiger partial charge in [-0.15, -0.1) is 0 Å². The van der Waals surface area contributed by atoms with Gasteiger partial charge in [0, 0.05) is 12.6 Å². The summed E-state index contributed by atoms with van der Waals surface area (Å²) in [6.45, 7) is 2.66. The molecule has 0 amide bonds. The maximum Gasteiger partial charge on any atom is 0.0662 e. The molecule has 0 bridgehead atoms. The van der Waals surface area contributed by atoms with E-state index in [4.69, 9.17) is 0 Å². The Morgan fingerprint density at radius 2 is 1.33 bits per heavy atom. The van der Waals surface area contributed by atoms with Crippen LogP contribution in [-0.2, 0) is 12.8 Å². The van der Waals surface area contributed by atoms with E-state index in [-0.39, 0.29) is 6.10 Å². The number of hydrogen-bond donors (Lipinski definition) is 2. The van der Waals surface area contributed by atoms with Crippen molar-refractivity contribution in [1.82, 2.24) is 5.32 Å². The summed E-state index contributed by atoms with van der Waals surface area (Å²) in [6.07, 6.45) is 2.48. The average molecular weight is 283 g/mol.